The molecule has 0 radical (unpaired) electrons. The molecule has 0 aliphatic heterocycles. The Morgan fingerprint density at radius 2 is 2.00 bits per heavy atom. The predicted molar refractivity (Wildman–Crippen MR) is 39.7 cm³/mol. The smallest absolute Gasteiger partial charge is 0.0662 e. The lowest BCUT2D eigenvalue weighted by Gasteiger charge is -2.05. The van der Waals surface area contributed by atoms with Crippen LogP contribution in [0.5, 0.6) is 0 Å². The minimum Gasteiger partial charge on any atom is -0.328 e. The Hall–Kier alpha value is -0.520. The fourth-order valence-corrected chi connectivity index (χ4v) is 0.526. The number of terminal acetylenes is 1. The summed E-state index contributed by atoms with van der Waals surface area (Å²) in [6.45, 7) is 1.95. The number of hydrogen-bond acceptors (Lipinski definition) is 2. The average molecular weight is 126 g/mol. The Kier molecular flexibility index (Phi) is 4.12. The molecule has 0 aromatic rings. The first kappa shape index (κ1) is 8.48. The van der Waals surface area contributed by atoms with Crippen molar-refractivity contribution in [3.63, 3.8) is 0 Å². The van der Waals surface area contributed by atoms with Gasteiger partial charge in [0.25, 0.3) is 0 Å². The van der Waals surface area contributed by atoms with Crippen LogP contribution >= 0.6 is 0 Å². The van der Waals surface area contributed by atoms with Crippen LogP contribution in [-0.4, -0.2) is 12.1 Å². The van der Waals surface area contributed by atoms with Gasteiger partial charge < -0.3 is 11.5 Å². The van der Waals surface area contributed by atoms with E-state index in [9.17, 15) is 0 Å². The molecular formula is C7H14N2. The molecule has 2 atom stereocenters. The van der Waals surface area contributed by atoms with Crippen LogP contribution < -0.4 is 11.5 Å². The van der Waals surface area contributed by atoms with Crippen LogP contribution in [-0.2, 0) is 0 Å². The molecule has 0 rings (SSSR count). The van der Waals surface area contributed by atoms with Crippen molar-refractivity contribution in [2.45, 2.75) is 31.8 Å². The molecule has 1 unspecified atom stereocenters. The van der Waals surface area contributed by atoms with E-state index >= 15 is 0 Å². The van der Waals surface area contributed by atoms with Crippen molar-refractivity contribution in [1.82, 2.24) is 0 Å². The molecule has 0 aliphatic rings. The maximum absolute atomic E-state index is 5.47. The van der Waals surface area contributed by atoms with E-state index in [0.29, 0.717) is 0 Å². The third kappa shape index (κ3) is 5.35. The summed E-state index contributed by atoms with van der Waals surface area (Å²) in [6, 6.07) is 0.0976. The van der Waals surface area contributed by atoms with E-state index in [1.807, 2.05) is 6.92 Å². The first-order chi connectivity index (χ1) is 4.16. The lowest BCUT2D eigenvalue weighted by atomic mass is 10.1. The Morgan fingerprint density at radius 3 is 2.33 bits per heavy atom. The Balaban J connectivity index is 3.19. The summed E-state index contributed by atoms with van der Waals surface area (Å²) in [5.41, 5.74) is 10.9. The first-order valence-corrected chi connectivity index (χ1v) is 3.14. The molecule has 0 spiro atoms. The minimum atomic E-state index is -0.115. The molecule has 0 fully saturated rings. The highest BCUT2D eigenvalue weighted by molar-refractivity contribution is 4.96. The summed E-state index contributed by atoms with van der Waals surface area (Å²) < 4.78 is 0. The summed E-state index contributed by atoms with van der Waals surface area (Å²) in [7, 11) is 0. The van der Waals surface area contributed by atoms with Crippen molar-refractivity contribution >= 4 is 0 Å². The van der Waals surface area contributed by atoms with Gasteiger partial charge in [-0.25, -0.2) is 0 Å². The number of nitrogens with two attached hydrogens (primary N) is 2. The highest BCUT2D eigenvalue weighted by Gasteiger charge is 1.98. The molecular weight excluding hydrogens is 112 g/mol. The van der Waals surface area contributed by atoms with Crippen molar-refractivity contribution in [2.75, 3.05) is 0 Å². The number of hydrogen-bond donors (Lipinski definition) is 2. The highest BCUT2D eigenvalue weighted by atomic mass is 14.6. The van der Waals surface area contributed by atoms with Gasteiger partial charge in [0, 0.05) is 6.04 Å². The Bertz CT molecular complexity index is 102. The zero-order valence-electron chi connectivity index (χ0n) is 5.80. The molecule has 0 aromatic heterocycles. The van der Waals surface area contributed by atoms with E-state index in [0.717, 1.165) is 12.8 Å². The zero-order valence-corrected chi connectivity index (χ0v) is 5.80. The quantitative estimate of drug-likeness (QED) is 0.526. The third-order valence-corrected chi connectivity index (χ3v) is 1.15. The Morgan fingerprint density at radius 1 is 1.44 bits per heavy atom. The van der Waals surface area contributed by atoms with E-state index in [1.54, 1.807) is 0 Å². The lowest BCUT2D eigenvalue weighted by molar-refractivity contribution is 0.597. The van der Waals surface area contributed by atoms with Crippen LogP contribution in [0.1, 0.15) is 19.8 Å². The summed E-state index contributed by atoms with van der Waals surface area (Å²) in [5, 5.41) is 0. The highest BCUT2D eigenvalue weighted by Crippen LogP contribution is 1.95. The van der Waals surface area contributed by atoms with Gasteiger partial charge in [0.15, 0.2) is 0 Å². The fourth-order valence-electron chi connectivity index (χ4n) is 0.526. The predicted octanol–water partition coefficient (Wildman–Crippen LogP) is 0.0743. The largest absolute Gasteiger partial charge is 0.328 e. The summed E-state index contributed by atoms with van der Waals surface area (Å²) >= 11 is 0. The topological polar surface area (TPSA) is 52.0 Å². The lowest BCUT2D eigenvalue weighted by Crippen LogP contribution is -2.22. The molecule has 0 saturated carbocycles. The molecule has 4 N–H and O–H groups in total. The van der Waals surface area contributed by atoms with Gasteiger partial charge in [-0.15, -0.1) is 6.42 Å². The zero-order chi connectivity index (χ0) is 7.28. The number of rotatable bonds is 3. The van der Waals surface area contributed by atoms with E-state index in [1.165, 1.54) is 0 Å². The van der Waals surface area contributed by atoms with Crippen molar-refractivity contribution < 1.29 is 0 Å². The molecule has 0 aromatic carbocycles. The van der Waals surface area contributed by atoms with Gasteiger partial charge in [0.1, 0.15) is 0 Å². The second kappa shape index (κ2) is 4.37. The second-order valence-corrected chi connectivity index (χ2v) is 2.33. The molecule has 0 aliphatic carbocycles. The van der Waals surface area contributed by atoms with Gasteiger partial charge in [0.05, 0.1) is 6.04 Å². The van der Waals surface area contributed by atoms with E-state index < -0.39 is 0 Å². The van der Waals surface area contributed by atoms with Gasteiger partial charge >= 0.3 is 0 Å². The van der Waals surface area contributed by atoms with Crippen LogP contribution in [0.4, 0.5) is 0 Å². The molecule has 2 nitrogen and oxygen atoms in total. The average Bonchev–Trinajstić information content (AvgIpc) is 1.83. The van der Waals surface area contributed by atoms with E-state index in [2.05, 4.69) is 5.92 Å². The van der Waals surface area contributed by atoms with Crippen molar-refractivity contribution in [2.24, 2.45) is 11.5 Å². The molecule has 0 saturated heterocycles. The molecule has 52 valence electrons. The molecule has 2 heteroatoms. The van der Waals surface area contributed by atoms with E-state index in [-0.39, 0.29) is 12.1 Å². The fraction of sp³-hybridized carbons (Fsp3) is 0.714. The van der Waals surface area contributed by atoms with Crippen LogP contribution in [0, 0.1) is 12.3 Å². The van der Waals surface area contributed by atoms with Crippen LogP contribution in [0.2, 0.25) is 0 Å². The van der Waals surface area contributed by atoms with Gasteiger partial charge in [-0.05, 0) is 19.8 Å². The van der Waals surface area contributed by atoms with Crippen molar-refractivity contribution in [3.05, 3.63) is 0 Å². The summed E-state index contributed by atoms with van der Waals surface area (Å²) in [5.74, 6) is 2.44. The normalized spacial score (nSPS) is 16.2. The molecule has 9 heavy (non-hydrogen) atoms. The van der Waals surface area contributed by atoms with Crippen LogP contribution in [0.15, 0.2) is 0 Å². The molecule has 0 amide bonds. The van der Waals surface area contributed by atoms with Crippen LogP contribution in [0.25, 0.3) is 0 Å². The van der Waals surface area contributed by atoms with Gasteiger partial charge in [0.2, 0.25) is 0 Å². The van der Waals surface area contributed by atoms with Crippen molar-refractivity contribution in [3.8, 4) is 12.3 Å². The maximum atomic E-state index is 5.47. The standard InChI is InChI=1S/C7H14N2/c1-3-7(9)5-4-6(2)8/h1,6-7H,4-5,8-9H2,2H3/t6-,7?/m1/s1. The van der Waals surface area contributed by atoms with E-state index in [4.69, 9.17) is 17.9 Å². The minimum absolute atomic E-state index is 0.115. The summed E-state index contributed by atoms with van der Waals surface area (Å²) in [4.78, 5) is 0. The van der Waals surface area contributed by atoms with Gasteiger partial charge in [-0.1, -0.05) is 5.92 Å². The van der Waals surface area contributed by atoms with Crippen LogP contribution in [0.3, 0.4) is 0 Å². The second-order valence-electron chi connectivity index (χ2n) is 2.33. The SMILES string of the molecule is C#CC(N)CC[C@@H](C)N. The molecule has 0 bridgehead atoms. The molecule has 0 heterocycles. The van der Waals surface area contributed by atoms with Gasteiger partial charge in [-0.3, -0.25) is 0 Å². The monoisotopic (exact) mass is 126 g/mol. The van der Waals surface area contributed by atoms with Crippen molar-refractivity contribution in [1.29, 1.82) is 0 Å². The first-order valence-electron chi connectivity index (χ1n) is 3.14. The Labute approximate surface area is 56.6 Å². The summed E-state index contributed by atoms with van der Waals surface area (Å²) in [6.07, 6.45) is 6.78. The van der Waals surface area contributed by atoms with Gasteiger partial charge in [-0.2, -0.15) is 0 Å². The third-order valence-electron chi connectivity index (χ3n) is 1.15. The maximum Gasteiger partial charge on any atom is 0.0662 e.